The zero-order valence-electron chi connectivity index (χ0n) is 14.8. The van der Waals surface area contributed by atoms with Crippen molar-refractivity contribution in [3.8, 4) is 11.4 Å². The maximum absolute atomic E-state index is 4.43. The number of nitrogens with zero attached hydrogens (tertiary/aromatic N) is 5. The minimum absolute atomic E-state index is 0.387. The number of hydrogen-bond acceptors (Lipinski definition) is 8. The van der Waals surface area contributed by atoms with Gasteiger partial charge >= 0.3 is 0 Å². The van der Waals surface area contributed by atoms with Gasteiger partial charge in [0.05, 0.1) is 0 Å². The molecule has 0 saturated carbocycles. The van der Waals surface area contributed by atoms with Crippen LogP contribution in [0.5, 0.6) is 0 Å². The van der Waals surface area contributed by atoms with Crippen molar-refractivity contribution < 1.29 is 0 Å². The minimum Gasteiger partial charge on any atom is -0.370 e. The highest BCUT2D eigenvalue weighted by Crippen LogP contribution is 2.15. The van der Waals surface area contributed by atoms with E-state index in [2.05, 4.69) is 42.5 Å². The van der Waals surface area contributed by atoms with E-state index < -0.39 is 0 Å². The minimum atomic E-state index is 0.387. The van der Waals surface area contributed by atoms with E-state index in [0.29, 0.717) is 17.7 Å². The predicted molar refractivity (Wildman–Crippen MR) is 105 cm³/mol. The molecule has 3 aromatic heterocycles. The smallest absolute Gasteiger partial charge is 0.222 e. The lowest BCUT2D eigenvalue weighted by molar-refractivity contribution is 0.644. The summed E-state index contributed by atoms with van der Waals surface area (Å²) in [6, 6.07) is 5.70. The SMILES string of the molecule is CSc1cnc(NCC(C)CNc2ccc(-c3ncccn3)cn2)nc1. The molecule has 0 radical (unpaired) electrons. The summed E-state index contributed by atoms with van der Waals surface area (Å²) in [7, 11) is 0. The topological polar surface area (TPSA) is 88.5 Å². The maximum atomic E-state index is 4.43. The van der Waals surface area contributed by atoms with Gasteiger partial charge in [-0.1, -0.05) is 6.92 Å². The molecule has 7 nitrogen and oxygen atoms in total. The van der Waals surface area contributed by atoms with E-state index >= 15 is 0 Å². The Balaban J connectivity index is 1.45. The van der Waals surface area contributed by atoms with Gasteiger partial charge in [-0.2, -0.15) is 0 Å². The number of anilines is 2. The van der Waals surface area contributed by atoms with Crippen LogP contribution in [0.2, 0.25) is 0 Å². The molecule has 0 aliphatic carbocycles. The van der Waals surface area contributed by atoms with E-state index in [-0.39, 0.29) is 0 Å². The Labute approximate surface area is 157 Å². The third kappa shape index (κ3) is 5.13. The van der Waals surface area contributed by atoms with Crippen LogP contribution in [-0.4, -0.2) is 44.3 Å². The van der Waals surface area contributed by atoms with Gasteiger partial charge in [0.1, 0.15) is 5.82 Å². The second-order valence-electron chi connectivity index (χ2n) is 5.82. The summed E-state index contributed by atoms with van der Waals surface area (Å²) in [5.41, 5.74) is 0.900. The molecule has 0 aliphatic heterocycles. The van der Waals surface area contributed by atoms with Gasteiger partial charge in [-0.05, 0) is 30.4 Å². The van der Waals surface area contributed by atoms with Crippen molar-refractivity contribution in [2.24, 2.45) is 5.92 Å². The summed E-state index contributed by atoms with van der Waals surface area (Å²) >= 11 is 1.63. The zero-order chi connectivity index (χ0) is 18.2. The van der Waals surface area contributed by atoms with Crippen LogP contribution < -0.4 is 10.6 Å². The van der Waals surface area contributed by atoms with E-state index in [4.69, 9.17) is 0 Å². The Morgan fingerprint density at radius 3 is 2.31 bits per heavy atom. The van der Waals surface area contributed by atoms with Gasteiger partial charge in [-0.15, -0.1) is 11.8 Å². The largest absolute Gasteiger partial charge is 0.370 e. The molecule has 0 aromatic carbocycles. The Kier molecular flexibility index (Phi) is 6.32. The maximum Gasteiger partial charge on any atom is 0.222 e. The van der Waals surface area contributed by atoms with Crippen LogP contribution in [0.25, 0.3) is 11.4 Å². The Morgan fingerprint density at radius 1 is 0.923 bits per heavy atom. The first kappa shape index (κ1) is 18.1. The summed E-state index contributed by atoms with van der Waals surface area (Å²) in [6.45, 7) is 3.73. The highest BCUT2D eigenvalue weighted by atomic mass is 32.2. The first-order valence-corrected chi connectivity index (χ1v) is 9.54. The number of hydrogen-bond donors (Lipinski definition) is 2. The van der Waals surface area contributed by atoms with Crippen LogP contribution in [-0.2, 0) is 0 Å². The van der Waals surface area contributed by atoms with E-state index in [0.717, 1.165) is 29.4 Å². The van der Waals surface area contributed by atoms with Gasteiger partial charge in [-0.3, -0.25) is 0 Å². The molecule has 2 N–H and O–H groups in total. The molecule has 1 unspecified atom stereocenters. The average molecular weight is 367 g/mol. The van der Waals surface area contributed by atoms with Gasteiger partial charge in [-0.25, -0.2) is 24.9 Å². The first-order chi connectivity index (χ1) is 12.7. The highest BCUT2D eigenvalue weighted by Gasteiger charge is 2.05. The summed E-state index contributed by atoms with van der Waals surface area (Å²) in [5.74, 6) is 2.55. The Hall–Kier alpha value is -2.74. The molecule has 0 amide bonds. The Morgan fingerprint density at radius 2 is 1.65 bits per heavy atom. The lowest BCUT2D eigenvalue weighted by Gasteiger charge is -2.14. The van der Waals surface area contributed by atoms with Gasteiger partial charge in [0.15, 0.2) is 5.82 Å². The molecule has 0 bridgehead atoms. The van der Waals surface area contributed by atoms with Crippen LogP contribution in [0, 0.1) is 5.92 Å². The molecule has 8 heteroatoms. The monoisotopic (exact) mass is 367 g/mol. The Bertz CT molecular complexity index is 794. The third-order valence-corrected chi connectivity index (χ3v) is 4.37. The van der Waals surface area contributed by atoms with Gasteiger partial charge in [0.2, 0.25) is 5.95 Å². The molecule has 0 spiro atoms. The van der Waals surface area contributed by atoms with E-state index in [1.807, 2.05) is 30.8 Å². The fraction of sp³-hybridized carbons (Fsp3) is 0.278. The standard InChI is InChI=1S/C18H21N7S/c1-13(9-23-18-24-11-15(26-2)12-25-18)8-21-16-5-4-14(10-22-16)17-19-6-3-7-20-17/h3-7,10-13H,8-9H2,1-2H3,(H,21,22)(H,23,24,25). The highest BCUT2D eigenvalue weighted by molar-refractivity contribution is 7.98. The molecular formula is C18H21N7S. The normalized spacial score (nSPS) is 11.8. The van der Waals surface area contributed by atoms with Gasteiger partial charge < -0.3 is 10.6 Å². The summed E-state index contributed by atoms with van der Waals surface area (Å²) in [5, 5.41) is 6.60. The van der Waals surface area contributed by atoms with Crippen LogP contribution in [0.15, 0.2) is 54.1 Å². The summed E-state index contributed by atoms with van der Waals surface area (Å²) < 4.78 is 0. The first-order valence-electron chi connectivity index (χ1n) is 8.32. The second kappa shape index (κ2) is 9.10. The van der Waals surface area contributed by atoms with Crippen molar-refractivity contribution in [3.63, 3.8) is 0 Å². The average Bonchev–Trinajstić information content (AvgIpc) is 2.72. The van der Waals surface area contributed by atoms with Crippen molar-refractivity contribution in [2.45, 2.75) is 11.8 Å². The van der Waals surface area contributed by atoms with Crippen molar-refractivity contribution in [3.05, 3.63) is 49.2 Å². The predicted octanol–water partition coefficient (Wildman–Crippen LogP) is 3.21. The van der Waals surface area contributed by atoms with E-state index in [1.54, 1.807) is 36.4 Å². The molecule has 0 saturated heterocycles. The molecule has 3 aromatic rings. The zero-order valence-corrected chi connectivity index (χ0v) is 15.6. The lowest BCUT2D eigenvalue weighted by atomic mass is 10.2. The molecule has 0 fully saturated rings. The quantitative estimate of drug-likeness (QED) is 0.587. The van der Waals surface area contributed by atoms with Crippen molar-refractivity contribution >= 4 is 23.5 Å². The number of pyridine rings is 1. The number of aromatic nitrogens is 5. The van der Waals surface area contributed by atoms with Gasteiger partial charge in [0.25, 0.3) is 0 Å². The van der Waals surface area contributed by atoms with Crippen LogP contribution in [0.4, 0.5) is 11.8 Å². The van der Waals surface area contributed by atoms with Crippen LogP contribution >= 0.6 is 11.8 Å². The fourth-order valence-electron chi connectivity index (χ4n) is 2.21. The number of nitrogens with one attached hydrogen (secondary N) is 2. The third-order valence-electron chi connectivity index (χ3n) is 3.69. The molecule has 26 heavy (non-hydrogen) atoms. The van der Waals surface area contributed by atoms with E-state index in [9.17, 15) is 0 Å². The number of rotatable bonds is 8. The molecule has 3 rings (SSSR count). The second-order valence-corrected chi connectivity index (χ2v) is 6.70. The number of thioether (sulfide) groups is 1. The van der Waals surface area contributed by atoms with E-state index in [1.165, 1.54) is 0 Å². The van der Waals surface area contributed by atoms with Gasteiger partial charge in [0, 0.05) is 54.5 Å². The van der Waals surface area contributed by atoms with Crippen molar-refractivity contribution in [2.75, 3.05) is 30.0 Å². The lowest BCUT2D eigenvalue weighted by Crippen LogP contribution is -2.20. The molecule has 134 valence electrons. The summed E-state index contributed by atoms with van der Waals surface area (Å²) in [6.07, 6.45) is 10.9. The van der Waals surface area contributed by atoms with Crippen LogP contribution in [0.1, 0.15) is 6.92 Å². The molecule has 0 aliphatic rings. The summed E-state index contributed by atoms with van der Waals surface area (Å²) in [4.78, 5) is 22.5. The van der Waals surface area contributed by atoms with Crippen molar-refractivity contribution in [1.82, 2.24) is 24.9 Å². The molecular weight excluding hydrogens is 346 g/mol. The molecule has 1 atom stereocenters. The molecule has 3 heterocycles. The fourth-order valence-corrected chi connectivity index (χ4v) is 2.52. The van der Waals surface area contributed by atoms with Crippen molar-refractivity contribution in [1.29, 1.82) is 0 Å². The van der Waals surface area contributed by atoms with Crippen LogP contribution in [0.3, 0.4) is 0 Å².